The van der Waals surface area contributed by atoms with E-state index >= 15 is 0 Å². The molecule has 0 spiro atoms. The van der Waals surface area contributed by atoms with Crippen LogP contribution in [0.4, 0.5) is 0 Å². The van der Waals surface area contributed by atoms with Gasteiger partial charge in [-0.2, -0.15) is 0 Å². The molecule has 1 aromatic heterocycles. The van der Waals surface area contributed by atoms with E-state index < -0.39 is 0 Å². The number of benzene rings is 1. The molecule has 17 heavy (non-hydrogen) atoms. The molecule has 1 aromatic carbocycles. The van der Waals surface area contributed by atoms with E-state index in [4.69, 9.17) is 4.42 Å². The smallest absolute Gasteiger partial charge is 0.208 e. The molecule has 0 amide bonds. The van der Waals surface area contributed by atoms with Crippen LogP contribution in [0.15, 0.2) is 47.0 Å². The van der Waals surface area contributed by atoms with Gasteiger partial charge in [-0.1, -0.05) is 42.5 Å². The van der Waals surface area contributed by atoms with Crippen LogP contribution in [0, 0.1) is 6.92 Å². The Balaban J connectivity index is 1.71. The van der Waals surface area contributed by atoms with Crippen molar-refractivity contribution in [3.05, 3.63) is 59.8 Å². The lowest BCUT2D eigenvalue weighted by atomic mass is 10.2. The van der Waals surface area contributed by atoms with E-state index in [0.717, 1.165) is 18.2 Å². The highest BCUT2D eigenvalue weighted by Gasteiger charge is 1.97. The molecule has 0 saturated carbocycles. The molecule has 0 aliphatic heterocycles. The molecule has 0 aliphatic carbocycles. The first-order valence-electron chi connectivity index (χ1n) is 5.68. The predicted octanol–water partition coefficient (Wildman–Crippen LogP) is 2.79. The van der Waals surface area contributed by atoms with Crippen LogP contribution < -0.4 is 5.32 Å². The van der Waals surface area contributed by atoms with Gasteiger partial charge in [0, 0.05) is 6.54 Å². The standard InChI is InChI=1S/C14H16N2O/c1-12-10-16-14(17-12)11-15-9-5-8-13-6-3-2-4-7-13/h2-8,10,15H,9,11H2,1H3/b8-5+. The van der Waals surface area contributed by atoms with E-state index in [-0.39, 0.29) is 0 Å². The van der Waals surface area contributed by atoms with Gasteiger partial charge in [-0.15, -0.1) is 0 Å². The Morgan fingerprint density at radius 2 is 2.12 bits per heavy atom. The van der Waals surface area contributed by atoms with Crippen LogP contribution in [-0.4, -0.2) is 11.5 Å². The summed E-state index contributed by atoms with van der Waals surface area (Å²) in [4.78, 5) is 4.12. The minimum absolute atomic E-state index is 0.660. The highest BCUT2D eigenvalue weighted by Crippen LogP contribution is 2.01. The summed E-state index contributed by atoms with van der Waals surface area (Å²) in [5, 5.41) is 3.24. The number of rotatable bonds is 5. The summed E-state index contributed by atoms with van der Waals surface area (Å²) in [6.07, 6.45) is 5.91. The Labute approximate surface area is 101 Å². The number of aromatic nitrogens is 1. The molecule has 88 valence electrons. The van der Waals surface area contributed by atoms with Gasteiger partial charge >= 0.3 is 0 Å². The van der Waals surface area contributed by atoms with E-state index in [1.807, 2.05) is 25.1 Å². The summed E-state index contributed by atoms with van der Waals surface area (Å²) < 4.78 is 5.35. The number of nitrogens with one attached hydrogen (secondary N) is 1. The van der Waals surface area contributed by atoms with Crippen molar-refractivity contribution >= 4 is 6.08 Å². The normalized spacial score (nSPS) is 11.1. The molecule has 3 heteroatoms. The number of hydrogen-bond acceptors (Lipinski definition) is 3. The Kier molecular flexibility index (Phi) is 4.11. The fourth-order valence-electron chi connectivity index (χ4n) is 1.50. The molecular formula is C14H16N2O. The van der Waals surface area contributed by atoms with Crippen LogP contribution >= 0.6 is 0 Å². The first kappa shape index (κ1) is 11.6. The molecule has 0 atom stereocenters. The van der Waals surface area contributed by atoms with E-state index in [0.29, 0.717) is 6.54 Å². The molecular weight excluding hydrogens is 212 g/mol. The largest absolute Gasteiger partial charge is 0.445 e. The van der Waals surface area contributed by atoms with Gasteiger partial charge in [0.1, 0.15) is 5.76 Å². The quantitative estimate of drug-likeness (QED) is 0.800. The fourth-order valence-corrected chi connectivity index (χ4v) is 1.50. The average molecular weight is 228 g/mol. The van der Waals surface area contributed by atoms with Crippen molar-refractivity contribution < 1.29 is 4.42 Å². The molecule has 0 bridgehead atoms. The van der Waals surface area contributed by atoms with Crippen LogP contribution in [-0.2, 0) is 6.54 Å². The number of nitrogens with zero attached hydrogens (tertiary/aromatic N) is 1. The minimum atomic E-state index is 0.660. The molecule has 0 saturated heterocycles. The van der Waals surface area contributed by atoms with Gasteiger partial charge in [-0.3, -0.25) is 0 Å². The lowest BCUT2D eigenvalue weighted by Gasteiger charge is -1.96. The third-order valence-electron chi connectivity index (χ3n) is 2.32. The summed E-state index contributed by atoms with van der Waals surface area (Å²) in [5.41, 5.74) is 1.21. The summed E-state index contributed by atoms with van der Waals surface area (Å²) in [6, 6.07) is 10.2. The summed E-state index contributed by atoms with van der Waals surface area (Å²) in [5.74, 6) is 1.58. The first-order chi connectivity index (χ1) is 8.34. The van der Waals surface area contributed by atoms with Crippen LogP contribution in [0.25, 0.3) is 6.08 Å². The Bertz CT molecular complexity index is 474. The van der Waals surface area contributed by atoms with Crippen molar-refractivity contribution in [3.8, 4) is 0 Å². The third kappa shape index (κ3) is 3.89. The summed E-state index contributed by atoms with van der Waals surface area (Å²) in [6.45, 7) is 3.36. The van der Waals surface area contributed by atoms with Crippen LogP contribution in [0.3, 0.4) is 0 Å². The Hall–Kier alpha value is -1.87. The number of oxazole rings is 1. The average Bonchev–Trinajstić information content (AvgIpc) is 2.76. The molecule has 2 rings (SSSR count). The van der Waals surface area contributed by atoms with Gasteiger partial charge in [-0.05, 0) is 12.5 Å². The van der Waals surface area contributed by atoms with Crippen LogP contribution in [0.5, 0.6) is 0 Å². The van der Waals surface area contributed by atoms with Gasteiger partial charge in [0.05, 0.1) is 12.7 Å². The summed E-state index contributed by atoms with van der Waals surface area (Å²) >= 11 is 0. The van der Waals surface area contributed by atoms with Gasteiger partial charge in [0.15, 0.2) is 0 Å². The zero-order chi connectivity index (χ0) is 11.9. The second-order valence-corrected chi connectivity index (χ2v) is 3.81. The molecule has 0 aliphatic rings. The Morgan fingerprint density at radius 1 is 1.29 bits per heavy atom. The van der Waals surface area contributed by atoms with Crippen molar-refractivity contribution in [1.29, 1.82) is 0 Å². The van der Waals surface area contributed by atoms with Crippen LogP contribution in [0.1, 0.15) is 17.2 Å². The van der Waals surface area contributed by atoms with Crippen molar-refractivity contribution in [2.45, 2.75) is 13.5 Å². The van der Waals surface area contributed by atoms with Gasteiger partial charge < -0.3 is 9.73 Å². The Morgan fingerprint density at radius 3 is 2.82 bits per heavy atom. The molecule has 1 N–H and O–H groups in total. The zero-order valence-electron chi connectivity index (χ0n) is 9.89. The molecule has 1 heterocycles. The third-order valence-corrected chi connectivity index (χ3v) is 2.32. The SMILES string of the molecule is Cc1cnc(CNC/C=C/c2ccccc2)o1. The topological polar surface area (TPSA) is 38.1 Å². The lowest BCUT2D eigenvalue weighted by Crippen LogP contribution is -2.12. The van der Waals surface area contributed by atoms with Gasteiger partial charge in [0.25, 0.3) is 0 Å². The maximum atomic E-state index is 5.35. The van der Waals surface area contributed by atoms with Gasteiger partial charge in [-0.25, -0.2) is 4.98 Å². The fraction of sp³-hybridized carbons (Fsp3) is 0.214. The van der Waals surface area contributed by atoms with Crippen molar-refractivity contribution in [1.82, 2.24) is 10.3 Å². The lowest BCUT2D eigenvalue weighted by molar-refractivity contribution is 0.455. The maximum absolute atomic E-state index is 5.35. The summed E-state index contributed by atoms with van der Waals surface area (Å²) in [7, 11) is 0. The molecule has 0 unspecified atom stereocenters. The van der Waals surface area contributed by atoms with Gasteiger partial charge in [0.2, 0.25) is 5.89 Å². The minimum Gasteiger partial charge on any atom is -0.445 e. The van der Waals surface area contributed by atoms with E-state index in [9.17, 15) is 0 Å². The monoisotopic (exact) mass is 228 g/mol. The predicted molar refractivity (Wildman–Crippen MR) is 68.4 cm³/mol. The van der Waals surface area contributed by atoms with Crippen molar-refractivity contribution in [2.24, 2.45) is 0 Å². The molecule has 0 radical (unpaired) electrons. The number of aryl methyl sites for hydroxylation is 1. The molecule has 3 nitrogen and oxygen atoms in total. The van der Waals surface area contributed by atoms with E-state index in [1.54, 1.807) is 6.20 Å². The molecule has 0 fully saturated rings. The first-order valence-corrected chi connectivity index (χ1v) is 5.68. The van der Waals surface area contributed by atoms with E-state index in [1.165, 1.54) is 5.56 Å². The second-order valence-electron chi connectivity index (χ2n) is 3.81. The highest BCUT2D eigenvalue weighted by molar-refractivity contribution is 5.48. The molecule has 2 aromatic rings. The highest BCUT2D eigenvalue weighted by atomic mass is 16.4. The van der Waals surface area contributed by atoms with E-state index in [2.05, 4.69) is 34.6 Å². The zero-order valence-corrected chi connectivity index (χ0v) is 9.89. The maximum Gasteiger partial charge on any atom is 0.208 e. The van der Waals surface area contributed by atoms with Crippen molar-refractivity contribution in [2.75, 3.05) is 6.54 Å². The van der Waals surface area contributed by atoms with Crippen LogP contribution in [0.2, 0.25) is 0 Å². The van der Waals surface area contributed by atoms with Crippen molar-refractivity contribution in [3.63, 3.8) is 0 Å². The number of hydrogen-bond donors (Lipinski definition) is 1. The second kappa shape index (κ2) is 6.01.